The molecule has 90 valence electrons. The third-order valence-corrected chi connectivity index (χ3v) is 3.81. The molecular formula is C9H16N4O2S. The molecule has 0 aliphatic carbocycles. The maximum absolute atomic E-state index is 11.4. The molecule has 6 nitrogen and oxygen atoms in total. The molecule has 0 aliphatic rings. The molecular weight excluding hydrogens is 228 g/mol. The van der Waals surface area contributed by atoms with E-state index in [1.54, 1.807) is 12.4 Å². The van der Waals surface area contributed by atoms with Crippen molar-refractivity contribution >= 4 is 16.0 Å². The first-order chi connectivity index (χ1) is 7.42. The quantitative estimate of drug-likeness (QED) is 0.794. The Balaban J connectivity index is 2.45. The van der Waals surface area contributed by atoms with E-state index >= 15 is 0 Å². The van der Waals surface area contributed by atoms with Crippen LogP contribution in [0.15, 0.2) is 12.4 Å². The van der Waals surface area contributed by atoms with Crippen molar-refractivity contribution in [3.63, 3.8) is 0 Å². The summed E-state index contributed by atoms with van der Waals surface area (Å²) in [5, 5.41) is 2.85. The Hall–Kier alpha value is -1.21. The third-order valence-electron chi connectivity index (χ3n) is 1.98. The summed E-state index contributed by atoms with van der Waals surface area (Å²) in [5.74, 6) is 0.469. The van der Waals surface area contributed by atoms with Gasteiger partial charge in [-0.1, -0.05) is 0 Å². The van der Waals surface area contributed by atoms with Gasteiger partial charge in [0.1, 0.15) is 0 Å². The van der Waals surface area contributed by atoms with Gasteiger partial charge in [0.2, 0.25) is 16.0 Å². The lowest BCUT2D eigenvalue weighted by molar-refractivity contribution is 0.521. The summed E-state index contributed by atoms with van der Waals surface area (Å²) in [6.07, 6.45) is 3.35. The van der Waals surface area contributed by atoms with Crippen LogP contribution in [0, 0.1) is 6.92 Å². The van der Waals surface area contributed by atoms with Crippen LogP contribution < -0.4 is 5.32 Å². The fourth-order valence-electron chi connectivity index (χ4n) is 0.958. The third kappa shape index (κ3) is 3.74. The first-order valence-corrected chi connectivity index (χ1v) is 6.45. The monoisotopic (exact) mass is 244 g/mol. The van der Waals surface area contributed by atoms with Gasteiger partial charge in [0.15, 0.2) is 0 Å². The van der Waals surface area contributed by atoms with E-state index in [2.05, 4.69) is 15.3 Å². The van der Waals surface area contributed by atoms with Crippen LogP contribution in [-0.2, 0) is 10.0 Å². The van der Waals surface area contributed by atoms with Crippen molar-refractivity contribution in [2.24, 2.45) is 0 Å². The van der Waals surface area contributed by atoms with Gasteiger partial charge >= 0.3 is 0 Å². The summed E-state index contributed by atoms with van der Waals surface area (Å²) >= 11 is 0. The van der Waals surface area contributed by atoms with Gasteiger partial charge in [-0.2, -0.15) is 0 Å². The molecule has 0 fully saturated rings. The van der Waals surface area contributed by atoms with Crippen LogP contribution in [0.3, 0.4) is 0 Å². The number of nitrogens with zero attached hydrogens (tertiary/aromatic N) is 3. The summed E-state index contributed by atoms with van der Waals surface area (Å²) in [7, 11) is -0.138. The van der Waals surface area contributed by atoms with E-state index < -0.39 is 10.0 Å². The summed E-state index contributed by atoms with van der Waals surface area (Å²) in [6.45, 7) is 2.18. The first-order valence-electron chi connectivity index (χ1n) is 4.84. The first kappa shape index (κ1) is 12.9. The Labute approximate surface area is 95.8 Å². The molecule has 0 saturated heterocycles. The highest BCUT2D eigenvalue weighted by Gasteiger charge is 2.12. The van der Waals surface area contributed by atoms with Crippen molar-refractivity contribution in [2.75, 3.05) is 31.7 Å². The minimum absolute atomic E-state index is 0.0250. The molecule has 1 heterocycles. The van der Waals surface area contributed by atoms with Crippen LogP contribution >= 0.6 is 0 Å². The maximum atomic E-state index is 11.4. The van der Waals surface area contributed by atoms with E-state index in [0.717, 1.165) is 5.56 Å². The average Bonchev–Trinajstić information content (AvgIpc) is 2.20. The van der Waals surface area contributed by atoms with Gasteiger partial charge in [0.25, 0.3) is 0 Å². The van der Waals surface area contributed by atoms with Crippen LogP contribution in [0.25, 0.3) is 0 Å². The van der Waals surface area contributed by atoms with Gasteiger partial charge in [-0.15, -0.1) is 0 Å². The Morgan fingerprint density at radius 2 is 1.88 bits per heavy atom. The normalized spacial score (nSPS) is 11.8. The van der Waals surface area contributed by atoms with Crippen molar-refractivity contribution in [3.8, 4) is 0 Å². The predicted molar refractivity (Wildman–Crippen MR) is 62.7 cm³/mol. The molecule has 7 heteroatoms. The number of rotatable bonds is 5. The SMILES string of the molecule is Cc1cnc(NCCS(=O)(=O)N(C)C)nc1. The zero-order valence-electron chi connectivity index (χ0n) is 9.64. The van der Waals surface area contributed by atoms with Crippen LogP contribution in [0.4, 0.5) is 5.95 Å². The second-order valence-corrected chi connectivity index (χ2v) is 5.91. The maximum Gasteiger partial charge on any atom is 0.222 e. The van der Waals surface area contributed by atoms with Gasteiger partial charge in [-0.25, -0.2) is 22.7 Å². The zero-order chi connectivity index (χ0) is 12.2. The number of anilines is 1. The largest absolute Gasteiger partial charge is 0.353 e. The molecule has 0 bridgehead atoms. The average molecular weight is 244 g/mol. The van der Waals surface area contributed by atoms with E-state index in [0.29, 0.717) is 12.5 Å². The lowest BCUT2D eigenvalue weighted by Gasteiger charge is -2.11. The fraction of sp³-hybridized carbons (Fsp3) is 0.556. The molecule has 0 spiro atoms. The summed E-state index contributed by atoms with van der Waals surface area (Å²) < 4.78 is 24.0. The lowest BCUT2D eigenvalue weighted by Crippen LogP contribution is -2.28. The van der Waals surface area contributed by atoms with Crippen molar-refractivity contribution in [1.82, 2.24) is 14.3 Å². The molecule has 0 aliphatic heterocycles. The van der Waals surface area contributed by atoms with Gasteiger partial charge in [0, 0.05) is 33.0 Å². The Bertz CT molecular complexity index is 427. The molecule has 0 amide bonds. The highest BCUT2D eigenvalue weighted by atomic mass is 32.2. The number of aromatic nitrogens is 2. The minimum Gasteiger partial charge on any atom is -0.353 e. The van der Waals surface area contributed by atoms with Gasteiger partial charge in [-0.3, -0.25) is 0 Å². The predicted octanol–water partition coefficient (Wildman–Crippen LogP) is 0.0883. The van der Waals surface area contributed by atoms with Crippen molar-refractivity contribution in [2.45, 2.75) is 6.92 Å². The van der Waals surface area contributed by atoms with Crippen LogP contribution in [0.5, 0.6) is 0 Å². The lowest BCUT2D eigenvalue weighted by atomic mass is 10.4. The highest BCUT2D eigenvalue weighted by molar-refractivity contribution is 7.89. The second kappa shape index (κ2) is 5.22. The van der Waals surface area contributed by atoms with Gasteiger partial charge in [-0.05, 0) is 12.5 Å². The molecule has 1 N–H and O–H groups in total. The van der Waals surface area contributed by atoms with Gasteiger partial charge < -0.3 is 5.32 Å². The summed E-state index contributed by atoms with van der Waals surface area (Å²) in [4.78, 5) is 8.02. The molecule has 1 aromatic rings. The number of nitrogens with one attached hydrogen (secondary N) is 1. The molecule has 0 unspecified atom stereocenters. The number of hydrogen-bond acceptors (Lipinski definition) is 5. The topological polar surface area (TPSA) is 75.2 Å². The minimum atomic E-state index is -3.16. The molecule has 0 aromatic carbocycles. The van der Waals surface area contributed by atoms with E-state index in [-0.39, 0.29) is 5.75 Å². The standard InChI is InChI=1S/C9H16N4O2S/c1-8-6-11-9(12-7-8)10-4-5-16(14,15)13(2)3/h6-7H,4-5H2,1-3H3,(H,10,11,12). The highest BCUT2D eigenvalue weighted by Crippen LogP contribution is 1.99. The number of hydrogen-bond donors (Lipinski definition) is 1. The summed E-state index contributed by atoms with van der Waals surface area (Å²) in [5.41, 5.74) is 0.964. The molecule has 1 rings (SSSR count). The molecule has 16 heavy (non-hydrogen) atoms. The smallest absolute Gasteiger partial charge is 0.222 e. The Morgan fingerprint density at radius 1 is 1.31 bits per heavy atom. The Kier molecular flexibility index (Phi) is 4.19. The molecule has 1 aromatic heterocycles. The molecule has 0 radical (unpaired) electrons. The van der Waals surface area contributed by atoms with Crippen molar-refractivity contribution in [1.29, 1.82) is 0 Å². The van der Waals surface area contributed by atoms with E-state index in [1.807, 2.05) is 6.92 Å². The number of aryl methyl sites for hydroxylation is 1. The number of sulfonamides is 1. The zero-order valence-corrected chi connectivity index (χ0v) is 10.5. The molecule has 0 atom stereocenters. The second-order valence-electron chi connectivity index (χ2n) is 3.61. The van der Waals surface area contributed by atoms with Crippen molar-refractivity contribution < 1.29 is 8.42 Å². The summed E-state index contributed by atoms with van der Waals surface area (Å²) in [6, 6.07) is 0. The van der Waals surface area contributed by atoms with E-state index in [9.17, 15) is 8.42 Å². The van der Waals surface area contributed by atoms with Crippen LogP contribution in [0.2, 0.25) is 0 Å². The fourth-order valence-corrected chi connectivity index (χ4v) is 1.68. The van der Waals surface area contributed by atoms with E-state index in [1.165, 1.54) is 18.4 Å². The molecule has 0 saturated carbocycles. The van der Waals surface area contributed by atoms with Crippen molar-refractivity contribution in [3.05, 3.63) is 18.0 Å². The van der Waals surface area contributed by atoms with E-state index in [4.69, 9.17) is 0 Å². The van der Waals surface area contributed by atoms with Crippen LogP contribution in [-0.4, -0.2) is 49.1 Å². The van der Waals surface area contributed by atoms with Gasteiger partial charge in [0.05, 0.1) is 5.75 Å². The van der Waals surface area contributed by atoms with Crippen LogP contribution in [0.1, 0.15) is 5.56 Å². The Morgan fingerprint density at radius 3 is 2.38 bits per heavy atom.